The standard InChI is InChI=1S/C19H28N10O7S2.Na/c20-15-12-16(23-6-22-15)29(7-24-12)17-14(31)13(30)9(36-17)4-25-38(34,35)28-18(32)21-3-1-2-10-11-8(5-37-10)26-19(33)27-11;/h6-11,13-14,17,25,30-31H,1-5H2,(H6,20,21,22,23,26,27,28,32,33);/q;+1/p-1/t8-,9+,10-,11-,13?,14-,17+;/m0./s1. The number of nitrogens with one attached hydrogen (secondary N) is 4. The Kier molecular flexibility index (Phi) is 9.44. The van der Waals surface area contributed by atoms with Crippen LogP contribution in [0.1, 0.15) is 19.1 Å². The summed E-state index contributed by atoms with van der Waals surface area (Å²) in [6, 6.07) is -1.07. The Morgan fingerprint density at radius 2 is 2.08 bits per heavy atom. The molecule has 3 saturated heterocycles. The normalized spacial score (nSPS) is 29.9. The SMILES string of the molecule is Nc1ncnc2c1ncn2[C@@H]1O[C@H](CNS(=O)(=O)[N-]C(=O)NCCC[C@@H]2SC[C@@H]3NC(=O)N[C@@H]32)C(O)[C@@H]1O.[Na+]. The summed E-state index contributed by atoms with van der Waals surface area (Å²) in [4.78, 5) is 35.5. The summed E-state index contributed by atoms with van der Waals surface area (Å²) in [5.74, 6) is 0.940. The number of amides is 4. The zero-order valence-corrected chi connectivity index (χ0v) is 24.4. The zero-order valence-electron chi connectivity index (χ0n) is 20.8. The second kappa shape index (κ2) is 12.3. The maximum atomic E-state index is 12.3. The maximum Gasteiger partial charge on any atom is 1.00 e. The van der Waals surface area contributed by atoms with Gasteiger partial charge in [-0.05, 0) is 6.42 Å². The average Bonchev–Trinajstić information content (AvgIpc) is 3.61. The number of aliphatic hydroxyl groups excluding tert-OH is 2. The van der Waals surface area contributed by atoms with Gasteiger partial charge in [0.1, 0.15) is 30.2 Å². The molecule has 5 heterocycles. The molecular weight excluding hydrogens is 567 g/mol. The molecule has 0 radical (unpaired) electrons. The topological polar surface area (TPSA) is 250 Å². The van der Waals surface area contributed by atoms with Crippen molar-refractivity contribution in [1.82, 2.24) is 40.2 Å². The first-order chi connectivity index (χ1) is 18.1. The molecule has 4 amide bonds. The van der Waals surface area contributed by atoms with Crippen LogP contribution in [0.25, 0.3) is 15.9 Å². The van der Waals surface area contributed by atoms with Gasteiger partial charge in [0, 0.05) is 17.5 Å². The largest absolute Gasteiger partial charge is 1.00 e. The van der Waals surface area contributed by atoms with Crippen molar-refractivity contribution in [2.45, 2.75) is 54.7 Å². The molecule has 2 aromatic rings. The van der Waals surface area contributed by atoms with E-state index in [0.29, 0.717) is 6.42 Å². The molecule has 5 rings (SSSR count). The van der Waals surface area contributed by atoms with Crippen molar-refractivity contribution >= 4 is 51.0 Å². The number of hydrogen-bond acceptors (Lipinski definition) is 12. The second-order valence-electron chi connectivity index (χ2n) is 9.04. The van der Waals surface area contributed by atoms with Crippen molar-refractivity contribution in [3.8, 4) is 0 Å². The van der Waals surface area contributed by atoms with Crippen LogP contribution in [0.15, 0.2) is 12.7 Å². The summed E-state index contributed by atoms with van der Waals surface area (Å²) < 4.78 is 36.8. The van der Waals surface area contributed by atoms with Crippen molar-refractivity contribution in [3.63, 3.8) is 0 Å². The molecule has 0 saturated carbocycles. The predicted octanol–water partition coefficient (Wildman–Crippen LogP) is -5.10. The smallest absolute Gasteiger partial charge is 0.449 e. The molecule has 0 aromatic carbocycles. The Morgan fingerprint density at radius 3 is 2.87 bits per heavy atom. The van der Waals surface area contributed by atoms with Gasteiger partial charge >= 0.3 is 35.6 Å². The third kappa shape index (κ3) is 6.51. The molecule has 1 unspecified atom stereocenters. The van der Waals surface area contributed by atoms with E-state index in [1.165, 1.54) is 17.2 Å². The van der Waals surface area contributed by atoms with E-state index in [0.717, 1.165) is 12.2 Å². The van der Waals surface area contributed by atoms with E-state index in [4.69, 9.17) is 10.5 Å². The number of ether oxygens (including phenoxy) is 1. The quantitative estimate of drug-likeness (QED) is 0.0818. The van der Waals surface area contributed by atoms with Gasteiger partial charge in [-0.1, -0.05) is 13.0 Å². The van der Waals surface area contributed by atoms with Gasteiger partial charge in [-0.25, -0.2) is 32.9 Å². The number of rotatable bonds is 9. The van der Waals surface area contributed by atoms with Crippen LogP contribution in [0.2, 0.25) is 0 Å². The van der Waals surface area contributed by atoms with Crippen LogP contribution in [0, 0.1) is 0 Å². The van der Waals surface area contributed by atoms with Gasteiger partial charge < -0.3 is 41.4 Å². The monoisotopic (exact) mass is 594 g/mol. The number of hydrogen-bond donors (Lipinski definition) is 7. The van der Waals surface area contributed by atoms with Crippen LogP contribution in [-0.4, -0.2) is 105 Å². The van der Waals surface area contributed by atoms with Crippen LogP contribution >= 0.6 is 11.8 Å². The van der Waals surface area contributed by atoms with Gasteiger partial charge in [-0.15, -0.1) is 0 Å². The molecule has 0 aliphatic carbocycles. The van der Waals surface area contributed by atoms with E-state index < -0.39 is 47.3 Å². The first kappa shape index (κ1) is 30.0. The van der Waals surface area contributed by atoms with Crippen molar-refractivity contribution in [3.05, 3.63) is 17.4 Å². The summed E-state index contributed by atoms with van der Waals surface area (Å²) in [5.41, 5.74) is 6.31. The molecule has 0 bridgehead atoms. The fourth-order valence-corrected chi connectivity index (χ4v) is 6.95. The first-order valence-electron chi connectivity index (χ1n) is 11.8. The molecule has 7 atom stereocenters. The second-order valence-corrected chi connectivity index (χ2v) is 11.7. The summed E-state index contributed by atoms with van der Waals surface area (Å²) in [6.07, 6.45) is -1.34. The minimum Gasteiger partial charge on any atom is -0.449 e. The van der Waals surface area contributed by atoms with E-state index in [1.54, 1.807) is 11.8 Å². The third-order valence-corrected chi connectivity index (χ3v) is 8.99. The number of thioether (sulfide) groups is 1. The van der Waals surface area contributed by atoms with Crippen LogP contribution in [-0.2, 0) is 14.9 Å². The fourth-order valence-electron chi connectivity index (χ4n) is 4.69. The Labute approximate surface area is 249 Å². The van der Waals surface area contributed by atoms with E-state index in [9.17, 15) is 28.2 Å². The zero-order chi connectivity index (χ0) is 27.0. The Balaban J connectivity index is 0.00000353. The van der Waals surface area contributed by atoms with Gasteiger partial charge in [0.15, 0.2) is 23.7 Å². The molecule has 0 spiro atoms. The number of anilines is 1. The molecule has 2 aromatic heterocycles. The number of aliphatic hydroxyl groups is 2. The molecule has 208 valence electrons. The molecule has 3 fully saturated rings. The molecule has 3 aliphatic rings. The summed E-state index contributed by atoms with van der Waals surface area (Å²) in [7, 11) is -4.42. The number of imidazole rings is 1. The molecule has 8 N–H and O–H groups in total. The number of nitrogen functional groups attached to an aromatic ring is 1. The average molecular weight is 595 g/mol. The number of carbonyl (C=O) groups is 2. The number of urea groups is 2. The summed E-state index contributed by atoms with van der Waals surface area (Å²) in [5, 5.41) is 29.3. The number of aromatic nitrogens is 4. The third-order valence-electron chi connectivity index (χ3n) is 6.55. The minimum absolute atomic E-state index is 0. The van der Waals surface area contributed by atoms with Gasteiger partial charge in [0.05, 0.1) is 18.4 Å². The number of nitrogens with zero attached hydrogens (tertiary/aromatic N) is 5. The van der Waals surface area contributed by atoms with Crippen LogP contribution in [0.4, 0.5) is 15.4 Å². The number of fused-ring (bicyclic) bond motifs is 2. The maximum absolute atomic E-state index is 12.3. The minimum atomic E-state index is -4.42. The van der Waals surface area contributed by atoms with E-state index in [-0.39, 0.29) is 76.4 Å². The van der Waals surface area contributed by atoms with Crippen molar-refractivity contribution < 1.29 is 62.5 Å². The number of carbonyl (C=O) groups excluding carboxylic acids is 2. The Morgan fingerprint density at radius 1 is 1.28 bits per heavy atom. The Bertz CT molecular complexity index is 1320. The van der Waals surface area contributed by atoms with Crippen molar-refractivity contribution in [1.29, 1.82) is 0 Å². The first-order valence-corrected chi connectivity index (χ1v) is 14.3. The van der Waals surface area contributed by atoms with Gasteiger partial charge in [0.25, 0.3) is 0 Å². The van der Waals surface area contributed by atoms with Crippen LogP contribution in [0.5, 0.6) is 0 Å². The predicted molar refractivity (Wildman–Crippen MR) is 134 cm³/mol. The summed E-state index contributed by atoms with van der Waals surface area (Å²) in [6.45, 7) is -0.252. The number of nitrogens with two attached hydrogens (primary N) is 1. The molecule has 20 heteroatoms. The van der Waals surface area contributed by atoms with Gasteiger partial charge in [0.2, 0.25) is 10.2 Å². The Hall–Kier alpha value is -1.97. The summed E-state index contributed by atoms with van der Waals surface area (Å²) >= 11 is 1.74. The fraction of sp³-hybridized carbons (Fsp3) is 0.632. The van der Waals surface area contributed by atoms with E-state index >= 15 is 0 Å². The van der Waals surface area contributed by atoms with E-state index in [1.807, 2.05) is 0 Å². The van der Waals surface area contributed by atoms with Crippen LogP contribution in [0.3, 0.4) is 0 Å². The molecule has 3 aliphatic heterocycles. The van der Waals surface area contributed by atoms with Gasteiger partial charge in [-0.2, -0.15) is 11.8 Å². The molecular formula is C19H27N10NaO7S2. The molecule has 17 nitrogen and oxygen atoms in total. The van der Waals surface area contributed by atoms with Crippen molar-refractivity contribution in [2.75, 3.05) is 24.6 Å². The molecule has 39 heavy (non-hydrogen) atoms. The van der Waals surface area contributed by atoms with Crippen LogP contribution < -0.4 is 56.0 Å². The van der Waals surface area contributed by atoms with E-state index in [2.05, 4.69) is 40.3 Å². The van der Waals surface area contributed by atoms with Gasteiger partial charge in [-0.3, -0.25) is 9.36 Å². The van der Waals surface area contributed by atoms with Crippen molar-refractivity contribution in [2.24, 2.45) is 0 Å².